The Morgan fingerprint density at radius 3 is 2.94 bits per heavy atom. The van der Waals surface area contributed by atoms with E-state index >= 15 is 0 Å². The van der Waals surface area contributed by atoms with Crippen molar-refractivity contribution < 1.29 is 4.79 Å². The van der Waals surface area contributed by atoms with E-state index in [-0.39, 0.29) is 5.91 Å². The van der Waals surface area contributed by atoms with Crippen LogP contribution in [0.2, 0.25) is 0 Å². The molecule has 0 aliphatic heterocycles. The summed E-state index contributed by atoms with van der Waals surface area (Å²) in [4.78, 5) is 11.5. The van der Waals surface area contributed by atoms with Crippen LogP contribution < -0.4 is 5.43 Å². The van der Waals surface area contributed by atoms with Gasteiger partial charge in [-0.05, 0) is 32.8 Å². The molecule has 0 fully saturated rings. The molecule has 5 nitrogen and oxygen atoms in total. The van der Waals surface area contributed by atoms with Gasteiger partial charge in [-0.3, -0.25) is 9.89 Å². The minimum Gasteiger partial charge on any atom is -0.282 e. The highest BCUT2D eigenvalue weighted by molar-refractivity contribution is 5.93. The second-order valence-electron chi connectivity index (χ2n) is 3.83. The fourth-order valence-electron chi connectivity index (χ4n) is 1.23. The number of amides is 1. The summed E-state index contributed by atoms with van der Waals surface area (Å²) in [6, 6.07) is 1.69. The highest BCUT2D eigenvalue weighted by atomic mass is 16.2. The van der Waals surface area contributed by atoms with Crippen molar-refractivity contribution in [3.63, 3.8) is 0 Å². The van der Waals surface area contributed by atoms with E-state index in [0.29, 0.717) is 5.69 Å². The molecule has 0 saturated heterocycles. The van der Waals surface area contributed by atoms with Gasteiger partial charge in [0.05, 0.1) is 0 Å². The average molecular weight is 222 g/mol. The number of hydrogen-bond acceptors (Lipinski definition) is 3. The molecule has 0 aromatic carbocycles. The van der Waals surface area contributed by atoms with Gasteiger partial charge in [-0.15, -0.1) is 0 Å². The van der Waals surface area contributed by atoms with Crippen molar-refractivity contribution in [3.05, 3.63) is 17.5 Å². The number of unbranched alkanes of at least 4 members (excludes halogenated alkanes) is 1. The lowest BCUT2D eigenvalue weighted by Gasteiger charge is -1.99. The molecule has 0 aliphatic rings. The van der Waals surface area contributed by atoms with Crippen LogP contribution in [0, 0.1) is 6.92 Å². The van der Waals surface area contributed by atoms with Crippen LogP contribution in [0.4, 0.5) is 0 Å². The summed E-state index contributed by atoms with van der Waals surface area (Å²) in [6.45, 7) is 5.88. The molecule has 1 aromatic rings. The molecule has 1 rings (SSSR count). The maximum atomic E-state index is 11.5. The Balaban J connectivity index is 2.46. The topological polar surface area (TPSA) is 70.1 Å². The highest BCUT2D eigenvalue weighted by Crippen LogP contribution is 1.98. The lowest BCUT2D eigenvalue weighted by molar-refractivity contribution is 0.0949. The Labute approximate surface area is 95.3 Å². The quantitative estimate of drug-likeness (QED) is 0.591. The minimum atomic E-state index is -0.278. The van der Waals surface area contributed by atoms with Crippen LogP contribution >= 0.6 is 0 Å². The van der Waals surface area contributed by atoms with Crippen molar-refractivity contribution >= 4 is 11.6 Å². The van der Waals surface area contributed by atoms with Crippen LogP contribution in [0.1, 0.15) is 49.3 Å². The van der Waals surface area contributed by atoms with Crippen LogP contribution in [0.25, 0.3) is 0 Å². The van der Waals surface area contributed by atoms with Gasteiger partial charge in [0, 0.05) is 11.4 Å². The maximum Gasteiger partial charge on any atom is 0.291 e. The van der Waals surface area contributed by atoms with E-state index in [9.17, 15) is 4.79 Å². The molecule has 0 bridgehead atoms. The largest absolute Gasteiger partial charge is 0.291 e. The molecule has 0 saturated carbocycles. The predicted molar refractivity (Wildman–Crippen MR) is 63.4 cm³/mol. The zero-order chi connectivity index (χ0) is 12.0. The number of nitrogens with zero attached hydrogens (tertiary/aromatic N) is 2. The Hall–Kier alpha value is -1.65. The molecule has 0 atom stereocenters. The molecule has 1 heterocycles. The lowest BCUT2D eigenvalue weighted by Crippen LogP contribution is -2.19. The highest BCUT2D eigenvalue weighted by Gasteiger charge is 2.07. The van der Waals surface area contributed by atoms with E-state index in [2.05, 4.69) is 27.6 Å². The van der Waals surface area contributed by atoms with Crippen molar-refractivity contribution in [2.24, 2.45) is 5.10 Å². The van der Waals surface area contributed by atoms with E-state index < -0.39 is 0 Å². The monoisotopic (exact) mass is 222 g/mol. The smallest absolute Gasteiger partial charge is 0.282 e. The second-order valence-corrected chi connectivity index (χ2v) is 3.83. The van der Waals surface area contributed by atoms with Gasteiger partial charge < -0.3 is 0 Å². The van der Waals surface area contributed by atoms with Crippen molar-refractivity contribution in [2.45, 2.75) is 40.0 Å². The molecule has 0 radical (unpaired) electrons. The van der Waals surface area contributed by atoms with Gasteiger partial charge in [-0.1, -0.05) is 13.3 Å². The Morgan fingerprint density at radius 2 is 2.38 bits per heavy atom. The van der Waals surface area contributed by atoms with Gasteiger partial charge in [0.2, 0.25) is 0 Å². The summed E-state index contributed by atoms with van der Waals surface area (Å²) < 4.78 is 0. The van der Waals surface area contributed by atoms with Gasteiger partial charge in [0.1, 0.15) is 0 Å². The summed E-state index contributed by atoms with van der Waals surface area (Å²) >= 11 is 0. The van der Waals surface area contributed by atoms with E-state index in [1.54, 1.807) is 6.07 Å². The molecule has 5 heteroatoms. The molecule has 16 heavy (non-hydrogen) atoms. The number of carbonyl (C=O) groups is 1. The number of nitrogens with one attached hydrogen (secondary N) is 2. The van der Waals surface area contributed by atoms with Gasteiger partial charge in [0.25, 0.3) is 5.91 Å². The molecule has 0 unspecified atom stereocenters. The summed E-state index contributed by atoms with van der Waals surface area (Å²) in [5.74, 6) is -0.278. The van der Waals surface area contributed by atoms with Crippen molar-refractivity contribution in [3.8, 4) is 0 Å². The van der Waals surface area contributed by atoms with Crippen molar-refractivity contribution in [2.75, 3.05) is 0 Å². The Morgan fingerprint density at radius 1 is 1.62 bits per heavy atom. The Bertz CT molecular complexity index is 381. The fraction of sp³-hybridized carbons (Fsp3) is 0.545. The van der Waals surface area contributed by atoms with E-state index in [1.165, 1.54) is 0 Å². The first-order valence-electron chi connectivity index (χ1n) is 5.49. The first kappa shape index (κ1) is 12.4. The first-order chi connectivity index (χ1) is 7.63. The number of aromatic amines is 1. The maximum absolute atomic E-state index is 11.5. The molecular formula is C11H18N4O. The number of aromatic nitrogens is 2. The third-order valence-electron chi connectivity index (χ3n) is 2.18. The standard InChI is InChI=1S/C11H18N4O/c1-4-5-6-8(2)12-15-11(16)10-7-9(3)13-14-10/h7H,4-6H2,1-3H3,(H,13,14)(H,15,16)/b12-8+. The molecule has 0 spiro atoms. The number of hydrogen-bond donors (Lipinski definition) is 2. The molecular weight excluding hydrogens is 204 g/mol. The predicted octanol–water partition coefficient (Wildman–Crippen LogP) is 2.01. The van der Waals surface area contributed by atoms with Gasteiger partial charge in [-0.2, -0.15) is 10.2 Å². The van der Waals surface area contributed by atoms with Gasteiger partial charge >= 0.3 is 0 Å². The van der Waals surface area contributed by atoms with Gasteiger partial charge in [0.15, 0.2) is 5.69 Å². The normalized spacial score (nSPS) is 11.6. The molecule has 88 valence electrons. The third-order valence-corrected chi connectivity index (χ3v) is 2.18. The first-order valence-corrected chi connectivity index (χ1v) is 5.49. The summed E-state index contributed by atoms with van der Waals surface area (Å²) in [6.07, 6.45) is 3.13. The van der Waals surface area contributed by atoms with Crippen LogP contribution in [0.3, 0.4) is 0 Å². The van der Waals surface area contributed by atoms with Crippen molar-refractivity contribution in [1.82, 2.24) is 15.6 Å². The van der Waals surface area contributed by atoms with Gasteiger partial charge in [-0.25, -0.2) is 5.43 Å². The summed E-state index contributed by atoms with van der Waals surface area (Å²) in [5, 5.41) is 10.6. The van der Waals surface area contributed by atoms with E-state index in [1.807, 2.05) is 13.8 Å². The molecule has 1 aromatic heterocycles. The van der Waals surface area contributed by atoms with Crippen LogP contribution in [-0.2, 0) is 0 Å². The van der Waals surface area contributed by atoms with Crippen LogP contribution in [0.5, 0.6) is 0 Å². The van der Waals surface area contributed by atoms with E-state index in [4.69, 9.17) is 0 Å². The minimum absolute atomic E-state index is 0.278. The number of H-pyrrole nitrogens is 1. The van der Waals surface area contributed by atoms with Crippen LogP contribution in [-0.4, -0.2) is 21.8 Å². The second kappa shape index (κ2) is 6.05. The number of rotatable bonds is 5. The zero-order valence-electron chi connectivity index (χ0n) is 10.0. The average Bonchev–Trinajstić information content (AvgIpc) is 2.69. The molecule has 1 amide bonds. The molecule has 2 N–H and O–H groups in total. The summed E-state index contributed by atoms with van der Waals surface area (Å²) in [7, 11) is 0. The number of hydrazone groups is 1. The SMILES string of the molecule is CCCC/C(C)=N/NC(=O)c1cc(C)[nH]n1. The summed E-state index contributed by atoms with van der Waals surface area (Å²) in [5.41, 5.74) is 4.64. The third kappa shape index (κ3) is 3.84. The molecule has 0 aliphatic carbocycles. The number of carbonyl (C=O) groups excluding carboxylic acids is 1. The fourth-order valence-corrected chi connectivity index (χ4v) is 1.23. The Kier molecular flexibility index (Phi) is 4.69. The number of aryl methyl sites for hydroxylation is 1. The van der Waals surface area contributed by atoms with Crippen molar-refractivity contribution in [1.29, 1.82) is 0 Å². The van der Waals surface area contributed by atoms with Crippen LogP contribution in [0.15, 0.2) is 11.2 Å². The van der Waals surface area contributed by atoms with E-state index in [0.717, 1.165) is 30.7 Å². The lowest BCUT2D eigenvalue weighted by atomic mass is 10.2. The zero-order valence-corrected chi connectivity index (χ0v) is 10.0.